The lowest BCUT2D eigenvalue weighted by atomic mass is 10.1. The van der Waals surface area contributed by atoms with Crippen LogP contribution < -0.4 is 15.8 Å². The lowest BCUT2D eigenvalue weighted by molar-refractivity contribution is -0.121. The molecule has 4 nitrogen and oxygen atoms in total. The molecule has 0 aliphatic heterocycles. The van der Waals surface area contributed by atoms with Crippen molar-refractivity contribution in [1.29, 1.82) is 0 Å². The van der Waals surface area contributed by atoms with Crippen molar-refractivity contribution in [2.45, 2.75) is 32.2 Å². The van der Waals surface area contributed by atoms with Gasteiger partial charge in [0.2, 0.25) is 5.91 Å². The van der Waals surface area contributed by atoms with Crippen molar-refractivity contribution in [3.8, 4) is 5.75 Å². The third-order valence-corrected chi connectivity index (χ3v) is 2.50. The van der Waals surface area contributed by atoms with Crippen molar-refractivity contribution in [3.05, 3.63) is 30.3 Å². The first kappa shape index (κ1) is 14.5. The van der Waals surface area contributed by atoms with Gasteiger partial charge >= 0.3 is 0 Å². The number of hydrogen-bond acceptors (Lipinski definition) is 3. The largest absolute Gasteiger partial charge is 0.492 e. The van der Waals surface area contributed by atoms with Crippen LogP contribution in [0.25, 0.3) is 0 Å². The molecule has 0 heterocycles. The number of rotatable bonds is 8. The summed E-state index contributed by atoms with van der Waals surface area (Å²) < 4.78 is 5.46. The summed E-state index contributed by atoms with van der Waals surface area (Å²) in [7, 11) is 0. The van der Waals surface area contributed by atoms with E-state index >= 15 is 0 Å². The van der Waals surface area contributed by atoms with E-state index in [-0.39, 0.29) is 11.9 Å². The Bertz CT molecular complexity index is 339. The molecule has 1 aromatic rings. The van der Waals surface area contributed by atoms with Gasteiger partial charge in [-0.05, 0) is 31.9 Å². The highest BCUT2D eigenvalue weighted by molar-refractivity contribution is 5.75. The summed E-state index contributed by atoms with van der Waals surface area (Å²) in [5.41, 5.74) is 5.61. The highest BCUT2D eigenvalue weighted by Gasteiger charge is 2.02. The quantitative estimate of drug-likeness (QED) is 0.690. The summed E-state index contributed by atoms with van der Waals surface area (Å²) in [6.07, 6.45) is 2.25. The molecule has 1 atom stereocenters. The van der Waals surface area contributed by atoms with Crippen molar-refractivity contribution in [2.24, 2.45) is 5.73 Å². The van der Waals surface area contributed by atoms with E-state index in [0.29, 0.717) is 19.6 Å². The van der Waals surface area contributed by atoms with Crippen LogP contribution in [0.3, 0.4) is 0 Å². The molecule has 0 bridgehead atoms. The Morgan fingerprint density at radius 2 is 2.11 bits per heavy atom. The number of benzene rings is 1. The second-order valence-electron chi connectivity index (χ2n) is 4.38. The predicted molar refractivity (Wildman–Crippen MR) is 72.4 cm³/mol. The molecule has 100 valence electrons. The van der Waals surface area contributed by atoms with Gasteiger partial charge in [-0.25, -0.2) is 0 Å². The second kappa shape index (κ2) is 8.53. The van der Waals surface area contributed by atoms with Crippen molar-refractivity contribution < 1.29 is 9.53 Å². The Morgan fingerprint density at radius 3 is 2.78 bits per heavy atom. The zero-order chi connectivity index (χ0) is 13.2. The van der Waals surface area contributed by atoms with Gasteiger partial charge in [0.15, 0.2) is 0 Å². The fourth-order valence-electron chi connectivity index (χ4n) is 1.55. The van der Waals surface area contributed by atoms with Crippen LogP contribution in [0.2, 0.25) is 0 Å². The molecule has 0 spiro atoms. The molecule has 1 rings (SSSR count). The zero-order valence-corrected chi connectivity index (χ0v) is 10.9. The van der Waals surface area contributed by atoms with Gasteiger partial charge in [-0.3, -0.25) is 4.79 Å². The second-order valence-corrected chi connectivity index (χ2v) is 4.38. The average molecular weight is 250 g/mol. The number of carbonyl (C=O) groups is 1. The van der Waals surface area contributed by atoms with Gasteiger partial charge in [0, 0.05) is 12.5 Å². The van der Waals surface area contributed by atoms with E-state index in [2.05, 4.69) is 5.32 Å². The minimum Gasteiger partial charge on any atom is -0.492 e. The van der Waals surface area contributed by atoms with Crippen molar-refractivity contribution in [2.75, 3.05) is 13.2 Å². The minimum atomic E-state index is 0.0623. The number of hydrogen-bond donors (Lipinski definition) is 2. The van der Waals surface area contributed by atoms with Gasteiger partial charge in [-0.1, -0.05) is 18.2 Å². The molecule has 0 radical (unpaired) electrons. The van der Waals surface area contributed by atoms with Crippen LogP contribution in [0.4, 0.5) is 0 Å². The van der Waals surface area contributed by atoms with Crippen LogP contribution in [0, 0.1) is 0 Å². The molecule has 1 unspecified atom stereocenters. The van der Waals surface area contributed by atoms with E-state index in [1.807, 2.05) is 37.3 Å². The number of nitrogens with two attached hydrogens (primary N) is 1. The average Bonchev–Trinajstić information content (AvgIpc) is 2.35. The first-order valence-electron chi connectivity index (χ1n) is 6.38. The summed E-state index contributed by atoms with van der Waals surface area (Å²) in [5.74, 6) is 0.885. The maximum Gasteiger partial charge on any atom is 0.220 e. The lowest BCUT2D eigenvalue weighted by Crippen LogP contribution is -2.28. The molecule has 0 aliphatic carbocycles. The maximum absolute atomic E-state index is 11.4. The van der Waals surface area contributed by atoms with E-state index in [9.17, 15) is 4.79 Å². The molecule has 1 aromatic carbocycles. The normalized spacial score (nSPS) is 11.9. The molecule has 0 saturated carbocycles. The van der Waals surface area contributed by atoms with Gasteiger partial charge in [0.05, 0.1) is 6.54 Å². The Kier molecular flexibility index (Phi) is 6.87. The first-order valence-corrected chi connectivity index (χ1v) is 6.38. The molecule has 0 aromatic heterocycles. The molecular weight excluding hydrogens is 228 g/mol. The summed E-state index contributed by atoms with van der Waals surface area (Å²) in [6.45, 7) is 2.97. The summed E-state index contributed by atoms with van der Waals surface area (Å²) in [6, 6.07) is 9.73. The van der Waals surface area contributed by atoms with E-state index < -0.39 is 0 Å². The lowest BCUT2D eigenvalue weighted by Gasteiger charge is -2.08. The predicted octanol–water partition coefficient (Wildman–Crippen LogP) is 1.70. The SMILES string of the molecule is CC(N)CCCC(=O)NCCOc1ccccc1. The van der Waals surface area contributed by atoms with E-state index in [1.165, 1.54) is 0 Å². The Labute approximate surface area is 109 Å². The number of para-hydroxylation sites is 1. The summed E-state index contributed by atoms with van der Waals surface area (Å²) in [5, 5.41) is 2.82. The molecule has 4 heteroatoms. The molecular formula is C14H22N2O2. The van der Waals surface area contributed by atoms with Crippen molar-refractivity contribution in [1.82, 2.24) is 5.32 Å². The molecule has 0 saturated heterocycles. The third kappa shape index (κ3) is 6.91. The van der Waals surface area contributed by atoms with Gasteiger partial charge in [0.25, 0.3) is 0 Å². The van der Waals surface area contributed by atoms with Crippen molar-refractivity contribution >= 4 is 5.91 Å². The van der Waals surface area contributed by atoms with Crippen LogP contribution in [0.1, 0.15) is 26.2 Å². The fourth-order valence-corrected chi connectivity index (χ4v) is 1.55. The molecule has 1 amide bonds. The van der Waals surface area contributed by atoms with E-state index in [1.54, 1.807) is 0 Å². The topological polar surface area (TPSA) is 64.4 Å². The van der Waals surface area contributed by atoms with Gasteiger partial charge in [-0.15, -0.1) is 0 Å². The summed E-state index contributed by atoms with van der Waals surface area (Å²) >= 11 is 0. The van der Waals surface area contributed by atoms with Gasteiger partial charge in [0.1, 0.15) is 12.4 Å². The first-order chi connectivity index (χ1) is 8.68. The number of carbonyl (C=O) groups excluding carboxylic acids is 1. The van der Waals surface area contributed by atoms with Gasteiger partial charge in [-0.2, -0.15) is 0 Å². The number of nitrogens with one attached hydrogen (secondary N) is 1. The standard InChI is InChI=1S/C14H22N2O2/c1-12(15)6-5-9-14(17)16-10-11-18-13-7-3-2-4-8-13/h2-4,7-8,12H,5-6,9-11,15H2,1H3,(H,16,17). The smallest absolute Gasteiger partial charge is 0.220 e. The van der Waals surface area contributed by atoms with Crippen LogP contribution >= 0.6 is 0 Å². The highest BCUT2D eigenvalue weighted by atomic mass is 16.5. The maximum atomic E-state index is 11.4. The Balaban J connectivity index is 2.02. The Morgan fingerprint density at radius 1 is 1.39 bits per heavy atom. The summed E-state index contributed by atoms with van der Waals surface area (Å²) in [4.78, 5) is 11.4. The van der Waals surface area contributed by atoms with Crippen LogP contribution in [-0.2, 0) is 4.79 Å². The molecule has 18 heavy (non-hydrogen) atoms. The van der Waals surface area contributed by atoms with Crippen molar-refractivity contribution in [3.63, 3.8) is 0 Å². The van der Waals surface area contributed by atoms with Crippen LogP contribution in [-0.4, -0.2) is 25.1 Å². The zero-order valence-electron chi connectivity index (χ0n) is 10.9. The van der Waals surface area contributed by atoms with E-state index in [0.717, 1.165) is 18.6 Å². The number of amides is 1. The minimum absolute atomic E-state index is 0.0623. The van der Waals surface area contributed by atoms with Crippen LogP contribution in [0.5, 0.6) is 5.75 Å². The Hall–Kier alpha value is -1.55. The monoisotopic (exact) mass is 250 g/mol. The van der Waals surface area contributed by atoms with E-state index in [4.69, 9.17) is 10.5 Å². The molecule has 3 N–H and O–H groups in total. The molecule has 0 aliphatic rings. The number of ether oxygens (including phenoxy) is 1. The third-order valence-electron chi connectivity index (χ3n) is 2.50. The highest BCUT2D eigenvalue weighted by Crippen LogP contribution is 2.07. The fraction of sp³-hybridized carbons (Fsp3) is 0.500. The van der Waals surface area contributed by atoms with Crippen LogP contribution in [0.15, 0.2) is 30.3 Å². The molecule has 0 fully saturated rings. The van der Waals surface area contributed by atoms with Gasteiger partial charge < -0.3 is 15.8 Å².